The van der Waals surface area contributed by atoms with E-state index in [0.29, 0.717) is 12.5 Å². The van der Waals surface area contributed by atoms with E-state index in [1.54, 1.807) is 0 Å². The van der Waals surface area contributed by atoms with E-state index in [9.17, 15) is 5.11 Å². The van der Waals surface area contributed by atoms with Crippen molar-refractivity contribution in [3.05, 3.63) is 96.1 Å². The summed E-state index contributed by atoms with van der Waals surface area (Å²) in [4.78, 5) is 2.39. The summed E-state index contributed by atoms with van der Waals surface area (Å²) in [7, 11) is 0. The average Bonchev–Trinajstić information content (AvgIpc) is 2.72. The van der Waals surface area contributed by atoms with Crippen LogP contribution >= 0.6 is 0 Å². The van der Waals surface area contributed by atoms with Crippen LogP contribution in [0.1, 0.15) is 37.5 Å². The SMILES string of the molecule is CC(C)N(CCC(O)c1cccc(Oc2ccccc2)c1)Cc1ccccc1. The summed E-state index contributed by atoms with van der Waals surface area (Å²) >= 11 is 0. The molecule has 28 heavy (non-hydrogen) atoms. The van der Waals surface area contributed by atoms with Gasteiger partial charge in [0.1, 0.15) is 11.5 Å². The predicted octanol–water partition coefficient (Wildman–Crippen LogP) is 5.81. The van der Waals surface area contributed by atoms with E-state index >= 15 is 0 Å². The zero-order valence-corrected chi connectivity index (χ0v) is 16.7. The molecule has 0 aliphatic rings. The molecule has 0 saturated carbocycles. The predicted molar refractivity (Wildman–Crippen MR) is 115 cm³/mol. The molecular formula is C25H29NO2. The molecule has 0 aliphatic carbocycles. The third-order valence-corrected chi connectivity index (χ3v) is 4.87. The van der Waals surface area contributed by atoms with Crippen LogP contribution in [0.5, 0.6) is 11.5 Å². The van der Waals surface area contributed by atoms with E-state index in [4.69, 9.17) is 4.74 Å². The first kappa shape index (κ1) is 20.1. The highest BCUT2D eigenvalue weighted by Gasteiger charge is 2.14. The minimum Gasteiger partial charge on any atom is -0.457 e. The topological polar surface area (TPSA) is 32.7 Å². The van der Waals surface area contributed by atoms with E-state index in [2.05, 4.69) is 43.0 Å². The van der Waals surface area contributed by atoms with Crippen LogP contribution in [0.3, 0.4) is 0 Å². The van der Waals surface area contributed by atoms with Crippen molar-refractivity contribution in [1.29, 1.82) is 0 Å². The minimum absolute atomic E-state index is 0.417. The van der Waals surface area contributed by atoms with Gasteiger partial charge in [-0.25, -0.2) is 0 Å². The van der Waals surface area contributed by atoms with Crippen LogP contribution in [-0.2, 0) is 6.54 Å². The molecule has 0 saturated heterocycles. The second-order valence-electron chi connectivity index (χ2n) is 7.34. The number of aliphatic hydroxyl groups excluding tert-OH is 1. The summed E-state index contributed by atoms with van der Waals surface area (Å²) in [5.74, 6) is 1.54. The van der Waals surface area contributed by atoms with Gasteiger partial charge < -0.3 is 9.84 Å². The molecule has 3 heteroatoms. The van der Waals surface area contributed by atoms with Crippen molar-refractivity contribution in [2.45, 2.75) is 39.0 Å². The highest BCUT2D eigenvalue weighted by molar-refractivity contribution is 5.34. The number of rotatable bonds is 9. The number of benzene rings is 3. The average molecular weight is 376 g/mol. The number of hydrogen-bond donors (Lipinski definition) is 1. The fourth-order valence-electron chi connectivity index (χ4n) is 3.20. The molecule has 3 nitrogen and oxygen atoms in total. The largest absolute Gasteiger partial charge is 0.457 e. The lowest BCUT2D eigenvalue weighted by molar-refractivity contribution is 0.126. The summed E-state index contributed by atoms with van der Waals surface area (Å²) in [5, 5.41) is 10.7. The van der Waals surface area contributed by atoms with Gasteiger partial charge in [-0.15, -0.1) is 0 Å². The molecule has 1 unspecified atom stereocenters. The van der Waals surface area contributed by atoms with Crippen molar-refractivity contribution in [2.75, 3.05) is 6.54 Å². The zero-order chi connectivity index (χ0) is 19.8. The van der Waals surface area contributed by atoms with Gasteiger partial charge in [0.25, 0.3) is 0 Å². The first-order chi connectivity index (χ1) is 13.6. The molecule has 0 radical (unpaired) electrons. The van der Waals surface area contributed by atoms with Gasteiger partial charge >= 0.3 is 0 Å². The Morgan fingerprint density at radius 3 is 2.14 bits per heavy atom. The van der Waals surface area contributed by atoms with E-state index in [1.807, 2.05) is 60.7 Å². The van der Waals surface area contributed by atoms with Gasteiger partial charge in [-0.2, -0.15) is 0 Å². The summed E-state index contributed by atoms with van der Waals surface area (Å²) in [6.45, 7) is 6.12. The Bertz CT molecular complexity index is 833. The van der Waals surface area contributed by atoms with Crippen molar-refractivity contribution in [3.8, 4) is 11.5 Å². The molecule has 0 spiro atoms. The molecule has 146 valence electrons. The van der Waals surface area contributed by atoms with Crippen LogP contribution in [-0.4, -0.2) is 22.6 Å². The Balaban J connectivity index is 1.60. The van der Waals surface area contributed by atoms with E-state index in [-0.39, 0.29) is 0 Å². The Morgan fingerprint density at radius 2 is 1.46 bits per heavy atom. The maximum absolute atomic E-state index is 10.7. The molecular weight excluding hydrogens is 346 g/mol. The lowest BCUT2D eigenvalue weighted by Gasteiger charge is -2.27. The quantitative estimate of drug-likeness (QED) is 0.512. The maximum atomic E-state index is 10.7. The highest BCUT2D eigenvalue weighted by Crippen LogP contribution is 2.26. The van der Waals surface area contributed by atoms with E-state index < -0.39 is 6.10 Å². The summed E-state index contributed by atoms with van der Waals surface area (Å²) in [5.41, 5.74) is 2.18. The smallest absolute Gasteiger partial charge is 0.127 e. The molecule has 0 heterocycles. The zero-order valence-electron chi connectivity index (χ0n) is 16.7. The number of para-hydroxylation sites is 1. The molecule has 3 aromatic rings. The first-order valence-corrected chi connectivity index (χ1v) is 9.91. The van der Waals surface area contributed by atoms with Gasteiger partial charge in [0.15, 0.2) is 0 Å². The third-order valence-electron chi connectivity index (χ3n) is 4.87. The van der Waals surface area contributed by atoms with Gasteiger partial charge in [-0.1, -0.05) is 60.7 Å². The molecule has 1 atom stereocenters. The maximum Gasteiger partial charge on any atom is 0.127 e. The summed E-state index contributed by atoms with van der Waals surface area (Å²) in [6.07, 6.45) is 0.163. The van der Waals surface area contributed by atoms with Gasteiger partial charge in [-0.05, 0) is 55.7 Å². The van der Waals surface area contributed by atoms with E-state index in [1.165, 1.54) is 5.56 Å². The van der Waals surface area contributed by atoms with Crippen LogP contribution in [0.2, 0.25) is 0 Å². The highest BCUT2D eigenvalue weighted by atomic mass is 16.5. The van der Waals surface area contributed by atoms with Crippen molar-refractivity contribution in [2.24, 2.45) is 0 Å². The molecule has 0 amide bonds. The lowest BCUT2D eigenvalue weighted by atomic mass is 10.1. The van der Waals surface area contributed by atoms with Crippen molar-refractivity contribution >= 4 is 0 Å². The lowest BCUT2D eigenvalue weighted by Crippen LogP contribution is -2.32. The fraction of sp³-hybridized carbons (Fsp3) is 0.280. The number of nitrogens with zero attached hydrogens (tertiary/aromatic N) is 1. The molecule has 0 bridgehead atoms. The van der Waals surface area contributed by atoms with Gasteiger partial charge in [-0.3, -0.25) is 4.90 Å². The number of ether oxygens (including phenoxy) is 1. The summed E-state index contributed by atoms with van der Waals surface area (Å²) in [6, 6.07) is 28.3. The molecule has 3 aromatic carbocycles. The molecule has 1 N–H and O–H groups in total. The van der Waals surface area contributed by atoms with Crippen molar-refractivity contribution in [1.82, 2.24) is 4.90 Å². The Hall–Kier alpha value is -2.62. The monoisotopic (exact) mass is 375 g/mol. The molecule has 3 rings (SSSR count). The Kier molecular flexibility index (Phi) is 7.24. The standard InChI is InChI=1S/C25H29NO2/c1-20(2)26(19-21-10-5-3-6-11-21)17-16-25(27)22-12-9-15-24(18-22)28-23-13-7-4-8-14-23/h3-15,18,20,25,27H,16-17,19H2,1-2H3. The molecule has 0 aromatic heterocycles. The summed E-state index contributed by atoms with van der Waals surface area (Å²) < 4.78 is 5.89. The molecule has 0 fully saturated rings. The van der Waals surface area contributed by atoms with Crippen LogP contribution in [0.4, 0.5) is 0 Å². The molecule has 0 aliphatic heterocycles. The fourth-order valence-corrected chi connectivity index (χ4v) is 3.20. The van der Waals surface area contributed by atoms with Gasteiger partial charge in [0.05, 0.1) is 6.10 Å². The van der Waals surface area contributed by atoms with E-state index in [0.717, 1.165) is 30.2 Å². The third kappa shape index (κ3) is 5.95. The second-order valence-corrected chi connectivity index (χ2v) is 7.34. The Morgan fingerprint density at radius 1 is 0.821 bits per heavy atom. The van der Waals surface area contributed by atoms with Crippen molar-refractivity contribution in [3.63, 3.8) is 0 Å². The van der Waals surface area contributed by atoms with Crippen molar-refractivity contribution < 1.29 is 9.84 Å². The van der Waals surface area contributed by atoms with Gasteiger partial charge in [0.2, 0.25) is 0 Å². The Labute approximate surface area is 168 Å². The minimum atomic E-state index is -0.517. The van der Waals surface area contributed by atoms with Crippen LogP contribution in [0.25, 0.3) is 0 Å². The van der Waals surface area contributed by atoms with Crippen LogP contribution in [0, 0.1) is 0 Å². The normalized spacial score (nSPS) is 12.3. The number of aliphatic hydroxyl groups is 1. The van der Waals surface area contributed by atoms with Crippen LogP contribution in [0.15, 0.2) is 84.9 Å². The van der Waals surface area contributed by atoms with Crippen LogP contribution < -0.4 is 4.74 Å². The first-order valence-electron chi connectivity index (χ1n) is 9.91. The second kappa shape index (κ2) is 10.1. The van der Waals surface area contributed by atoms with Gasteiger partial charge in [0, 0.05) is 19.1 Å². The number of hydrogen-bond acceptors (Lipinski definition) is 3.